The van der Waals surface area contributed by atoms with Gasteiger partial charge in [-0.1, -0.05) is 84.4 Å². The average Bonchev–Trinajstić information content (AvgIpc) is 3.96. The molecule has 11 aliphatic rings. The van der Waals surface area contributed by atoms with Crippen LogP contribution >= 0.6 is 11.6 Å². The third-order valence-electron chi connectivity index (χ3n) is 20.0. The Morgan fingerprint density at radius 2 is 0.893 bits per heavy atom. The molecule has 1 aliphatic heterocycles. The van der Waals surface area contributed by atoms with Gasteiger partial charge in [0.25, 0.3) is 0 Å². The van der Waals surface area contributed by atoms with Crippen LogP contribution in [0.15, 0.2) is 84.9 Å². The number of halogens is 1. The summed E-state index contributed by atoms with van der Waals surface area (Å²) in [5, 5.41) is 0.881. The summed E-state index contributed by atoms with van der Waals surface area (Å²) in [4.78, 5) is 0. The standard InChI is InChI=1S/C29H33BO2.C23H21Cl/c1-26(2)27(3,4)32-30(31-26)19-9-10-23-21(14-19)20-7-5-6-8-22(20)29(23)24-12-17-11-18-13-25(29)28(24,15-17)16-18;24-15-5-6-19-17(10-15)16-3-1-2-4-18(16)23(19)20-8-13-7-14-9-21(23)22(20,11-13)12-14/h5-10,14,17-18,24-25H,11-13,15-16H2,1-4H3;1-6,10,13-14,20-21H,7-9,11-12H2. The molecule has 0 N–H and O–H groups in total. The van der Waals surface area contributed by atoms with Crippen molar-refractivity contribution in [2.24, 2.45) is 58.2 Å². The third kappa shape index (κ3) is 3.49. The lowest BCUT2D eigenvalue weighted by Gasteiger charge is -2.64. The maximum Gasteiger partial charge on any atom is 0.494 e. The minimum atomic E-state index is -0.307. The summed E-state index contributed by atoms with van der Waals surface area (Å²) in [6, 6.07) is 32.6. The summed E-state index contributed by atoms with van der Waals surface area (Å²) < 4.78 is 12.9. The molecule has 284 valence electrons. The topological polar surface area (TPSA) is 18.5 Å². The minimum Gasteiger partial charge on any atom is -0.399 e. The van der Waals surface area contributed by atoms with Gasteiger partial charge in [0, 0.05) is 15.9 Å². The van der Waals surface area contributed by atoms with Crippen LogP contribution < -0.4 is 5.46 Å². The summed E-state index contributed by atoms with van der Waals surface area (Å²) in [7, 11) is -0.292. The molecule has 8 unspecified atom stereocenters. The Morgan fingerprint density at radius 1 is 0.482 bits per heavy atom. The average molecular weight is 757 g/mol. The Hall–Kier alpha value is -2.85. The van der Waals surface area contributed by atoms with Gasteiger partial charge in [-0.3, -0.25) is 0 Å². The molecule has 6 bridgehead atoms. The Labute approximate surface area is 338 Å². The first-order valence-electron chi connectivity index (χ1n) is 22.5. The van der Waals surface area contributed by atoms with E-state index in [1.807, 2.05) is 0 Å². The number of hydrogen-bond acceptors (Lipinski definition) is 2. The van der Waals surface area contributed by atoms with Gasteiger partial charge in [0.15, 0.2) is 0 Å². The van der Waals surface area contributed by atoms with Crippen molar-refractivity contribution in [1.82, 2.24) is 0 Å². The molecule has 4 spiro atoms. The second-order valence-electron chi connectivity index (χ2n) is 22.3. The monoisotopic (exact) mass is 756 g/mol. The molecule has 4 heteroatoms. The van der Waals surface area contributed by atoms with Crippen LogP contribution in [0.4, 0.5) is 0 Å². The van der Waals surface area contributed by atoms with E-state index in [1.165, 1.54) is 91.9 Å². The lowest BCUT2D eigenvalue weighted by molar-refractivity contribution is -0.0820. The third-order valence-corrected chi connectivity index (χ3v) is 20.3. The van der Waals surface area contributed by atoms with Crippen molar-refractivity contribution < 1.29 is 9.31 Å². The molecule has 8 atom stereocenters. The van der Waals surface area contributed by atoms with E-state index in [0.717, 1.165) is 52.4 Å². The van der Waals surface area contributed by atoms with E-state index in [2.05, 4.69) is 113 Å². The highest BCUT2D eigenvalue weighted by atomic mass is 35.5. The summed E-state index contributed by atoms with van der Waals surface area (Å²) in [5.41, 5.74) is 14.8. The van der Waals surface area contributed by atoms with Crippen LogP contribution in [-0.2, 0) is 20.1 Å². The summed E-state index contributed by atoms with van der Waals surface area (Å²) in [6.07, 6.45) is 15.0. The second kappa shape index (κ2) is 10.1. The van der Waals surface area contributed by atoms with Crippen molar-refractivity contribution >= 4 is 24.2 Å². The zero-order chi connectivity index (χ0) is 37.4. The quantitative estimate of drug-likeness (QED) is 0.180. The lowest BCUT2D eigenvalue weighted by Crippen LogP contribution is -2.62. The molecule has 1 saturated heterocycles. The highest BCUT2D eigenvalue weighted by Crippen LogP contribution is 2.86. The summed E-state index contributed by atoms with van der Waals surface area (Å²) in [6.45, 7) is 8.57. The van der Waals surface area contributed by atoms with Crippen LogP contribution in [0, 0.1) is 58.2 Å². The Balaban J connectivity index is 0.000000118. The molecule has 1 heterocycles. The van der Waals surface area contributed by atoms with Crippen LogP contribution in [0.5, 0.6) is 0 Å². The lowest BCUT2D eigenvalue weighted by atomic mass is 9.38. The van der Waals surface area contributed by atoms with Gasteiger partial charge in [-0.05, 0) is 212 Å². The highest BCUT2D eigenvalue weighted by Gasteiger charge is 2.81. The van der Waals surface area contributed by atoms with E-state index in [9.17, 15) is 0 Å². The smallest absolute Gasteiger partial charge is 0.399 e. The van der Waals surface area contributed by atoms with Crippen LogP contribution in [-0.4, -0.2) is 18.3 Å². The van der Waals surface area contributed by atoms with E-state index in [-0.39, 0.29) is 23.7 Å². The van der Waals surface area contributed by atoms with E-state index in [4.69, 9.17) is 20.9 Å². The fourth-order valence-electron chi connectivity index (χ4n) is 18.4. The maximum absolute atomic E-state index is 6.43. The number of fused-ring (bicyclic) bond motifs is 18. The van der Waals surface area contributed by atoms with Gasteiger partial charge < -0.3 is 9.31 Å². The fraction of sp³-hybridized carbons (Fsp3) is 0.538. The van der Waals surface area contributed by atoms with Gasteiger partial charge in [-0.2, -0.15) is 0 Å². The molecule has 10 aliphatic carbocycles. The molecular formula is C52H54BClO2. The predicted molar refractivity (Wildman–Crippen MR) is 225 cm³/mol. The van der Waals surface area contributed by atoms with Crippen molar-refractivity contribution in [3.63, 3.8) is 0 Å². The molecule has 8 saturated carbocycles. The van der Waals surface area contributed by atoms with Crippen molar-refractivity contribution in [2.75, 3.05) is 0 Å². The van der Waals surface area contributed by atoms with E-state index >= 15 is 0 Å². The molecule has 4 aromatic carbocycles. The number of hydrogen-bond donors (Lipinski definition) is 0. The maximum atomic E-state index is 6.43. The zero-order valence-electron chi connectivity index (χ0n) is 33.5. The molecule has 0 aromatic heterocycles. The normalized spacial score (nSPS) is 43.8. The van der Waals surface area contributed by atoms with Crippen LogP contribution in [0.2, 0.25) is 5.02 Å². The molecule has 2 nitrogen and oxygen atoms in total. The fourth-order valence-corrected chi connectivity index (χ4v) is 18.5. The summed E-state index contributed by atoms with van der Waals surface area (Å²) in [5.74, 6) is 7.48. The van der Waals surface area contributed by atoms with E-state index in [1.54, 1.807) is 22.3 Å². The van der Waals surface area contributed by atoms with Gasteiger partial charge in [-0.25, -0.2) is 0 Å². The molecule has 4 aromatic rings. The Morgan fingerprint density at radius 3 is 1.38 bits per heavy atom. The predicted octanol–water partition coefficient (Wildman–Crippen LogP) is 11.8. The van der Waals surface area contributed by atoms with Crippen LogP contribution in [0.1, 0.15) is 114 Å². The van der Waals surface area contributed by atoms with Crippen LogP contribution in [0.3, 0.4) is 0 Å². The Bertz CT molecular complexity index is 2360. The first-order chi connectivity index (χ1) is 27.0. The first-order valence-corrected chi connectivity index (χ1v) is 22.9. The second-order valence-corrected chi connectivity index (χ2v) is 22.7. The SMILES string of the molecule is CC1(C)OB(c2ccc3c(c2)-c2ccccc2C32C3CC4CC5CC2C3(C4)C5)OC1(C)C.Clc1ccc2c(c1)-c1ccccc1C21C2CC3CC4CC1C2(C3)C4. The highest BCUT2D eigenvalue weighted by molar-refractivity contribution is 6.62. The molecule has 9 fully saturated rings. The number of rotatable bonds is 1. The number of benzene rings is 4. The van der Waals surface area contributed by atoms with Gasteiger partial charge in [0.05, 0.1) is 11.2 Å². The molecular weight excluding hydrogens is 703 g/mol. The molecule has 0 amide bonds. The van der Waals surface area contributed by atoms with Gasteiger partial charge in [-0.15, -0.1) is 0 Å². The van der Waals surface area contributed by atoms with Crippen molar-refractivity contribution in [3.8, 4) is 22.3 Å². The first kappa shape index (κ1) is 33.0. The zero-order valence-corrected chi connectivity index (χ0v) is 34.3. The largest absolute Gasteiger partial charge is 0.494 e. The molecule has 0 radical (unpaired) electrons. The van der Waals surface area contributed by atoms with Crippen molar-refractivity contribution in [2.45, 2.75) is 114 Å². The molecule has 56 heavy (non-hydrogen) atoms. The summed E-state index contributed by atoms with van der Waals surface area (Å²) >= 11 is 6.40. The Kier molecular flexibility index (Phi) is 5.97. The van der Waals surface area contributed by atoms with E-state index in [0.29, 0.717) is 16.2 Å². The van der Waals surface area contributed by atoms with Gasteiger partial charge >= 0.3 is 7.12 Å². The molecule has 15 rings (SSSR count). The minimum absolute atomic E-state index is 0.268. The van der Waals surface area contributed by atoms with Crippen molar-refractivity contribution in [3.05, 3.63) is 112 Å². The van der Waals surface area contributed by atoms with E-state index < -0.39 is 0 Å². The van der Waals surface area contributed by atoms with Gasteiger partial charge in [0.1, 0.15) is 0 Å². The van der Waals surface area contributed by atoms with Crippen molar-refractivity contribution in [1.29, 1.82) is 0 Å². The van der Waals surface area contributed by atoms with Gasteiger partial charge in [0.2, 0.25) is 0 Å². The van der Waals surface area contributed by atoms with Crippen LogP contribution in [0.25, 0.3) is 22.3 Å².